The van der Waals surface area contributed by atoms with Gasteiger partial charge in [0.2, 0.25) is 5.91 Å². The SMILES string of the molecule is CCOc1cc(C=C2SC(NC(C)=O)=NC2=O)cc(Cl)c1OCc1ccc(Cl)cc1. The summed E-state index contributed by atoms with van der Waals surface area (Å²) in [6.45, 7) is 3.91. The van der Waals surface area contributed by atoms with Gasteiger partial charge in [0.25, 0.3) is 5.91 Å². The summed E-state index contributed by atoms with van der Waals surface area (Å²) >= 11 is 13.4. The first-order chi connectivity index (χ1) is 14.4. The number of nitrogens with zero attached hydrogens (tertiary/aromatic N) is 1. The summed E-state index contributed by atoms with van der Waals surface area (Å²) in [6.07, 6.45) is 1.64. The van der Waals surface area contributed by atoms with Gasteiger partial charge in [-0.3, -0.25) is 9.59 Å². The molecule has 156 valence electrons. The molecule has 6 nitrogen and oxygen atoms in total. The molecule has 30 heavy (non-hydrogen) atoms. The van der Waals surface area contributed by atoms with Crippen LogP contribution in [-0.2, 0) is 16.2 Å². The number of thioether (sulfide) groups is 1. The number of carbonyl (C=O) groups excluding carboxylic acids is 2. The lowest BCUT2D eigenvalue weighted by Crippen LogP contribution is -2.23. The van der Waals surface area contributed by atoms with Crippen LogP contribution in [-0.4, -0.2) is 23.6 Å². The summed E-state index contributed by atoms with van der Waals surface area (Å²) in [5.41, 5.74) is 1.58. The quantitative estimate of drug-likeness (QED) is 0.603. The Morgan fingerprint density at radius 3 is 2.60 bits per heavy atom. The Morgan fingerprint density at radius 2 is 1.93 bits per heavy atom. The van der Waals surface area contributed by atoms with Crippen LogP contribution >= 0.6 is 35.0 Å². The van der Waals surface area contributed by atoms with Crippen molar-refractivity contribution in [3.8, 4) is 11.5 Å². The molecule has 0 bridgehead atoms. The molecule has 0 radical (unpaired) electrons. The number of benzene rings is 2. The summed E-state index contributed by atoms with van der Waals surface area (Å²) in [4.78, 5) is 27.4. The largest absolute Gasteiger partial charge is 0.490 e. The molecule has 1 aliphatic rings. The van der Waals surface area contributed by atoms with Crippen molar-refractivity contribution in [2.45, 2.75) is 20.5 Å². The third-order valence-electron chi connectivity index (χ3n) is 3.83. The summed E-state index contributed by atoms with van der Waals surface area (Å²) in [5, 5.41) is 3.75. The Bertz CT molecular complexity index is 1040. The lowest BCUT2D eigenvalue weighted by Gasteiger charge is -2.15. The van der Waals surface area contributed by atoms with E-state index in [9.17, 15) is 9.59 Å². The van der Waals surface area contributed by atoms with E-state index in [1.165, 1.54) is 6.92 Å². The summed E-state index contributed by atoms with van der Waals surface area (Å²) in [7, 11) is 0. The molecule has 2 aromatic carbocycles. The van der Waals surface area contributed by atoms with Gasteiger partial charge in [0, 0.05) is 11.9 Å². The summed E-state index contributed by atoms with van der Waals surface area (Å²) in [5.74, 6) is 0.153. The zero-order chi connectivity index (χ0) is 21.7. The molecular weight excluding hydrogens is 447 g/mol. The highest BCUT2D eigenvalue weighted by atomic mass is 35.5. The van der Waals surface area contributed by atoms with Crippen LogP contribution in [0.25, 0.3) is 6.08 Å². The van der Waals surface area contributed by atoms with Crippen LogP contribution < -0.4 is 14.8 Å². The van der Waals surface area contributed by atoms with E-state index in [4.69, 9.17) is 32.7 Å². The van der Waals surface area contributed by atoms with Gasteiger partial charge < -0.3 is 14.8 Å². The van der Waals surface area contributed by atoms with Gasteiger partial charge in [0.05, 0.1) is 16.5 Å². The van der Waals surface area contributed by atoms with Gasteiger partial charge in [0.15, 0.2) is 16.7 Å². The number of aliphatic imine (C=N–C) groups is 1. The molecule has 0 aliphatic carbocycles. The molecule has 0 saturated heterocycles. The fourth-order valence-electron chi connectivity index (χ4n) is 2.57. The number of carbonyl (C=O) groups is 2. The second-order valence-corrected chi connectivity index (χ2v) is 8.07. The minimum absolute atomic E-state index is 0.248. The van der Waals surface area contributed by atoms with Crippen LogP contribution in [0.15, 0.2) is 46.3 Å². The first kappa shape index (κ1) is 22.2. The average molecular weight is 465 g/mol. The zero-order valence-corrected chi connectivity index (χ0v) is 18.5. The summed E-state index contributed by atoms with van der Waals surface area (Å²) < 4.78 is 11.6. The Labute approximate surface area is 188 Å². The predicted octanol–water partition coefficient (Wildman–Crippen LogP) is 5.08. The van der Waals surface area contributed by atoms with Crippen LogP contribution in [0, 0.1) is 0 Å². The van der Waals surface area contributed by atoms with E-state index in [0.29, 0.717) is 45.2 Å². The topological polar surface area (TPSA) is 77.0 Å². The zero-order valence-electron chi connectivity index (χ0n) is 16.2. The molecule has 1 heterocycles. The molecule has 1 aliphatic heterocycles. The normalized spacial score (nSPS) is 14.6. The Morgan fingerprint density at radius 1 is 1.20 bits per heavy atom. The summed E-state index contributed by atoms with van der Waals surface area (Å²) in [6, 6.07) is 10.7. The van der Waals surface area contributed by atoms with Crippen molar-refractivity contribution >= 4 is 58.0 Å². The molecule has 1 N–H and O–H groups in total. The fourth-order valence-corrected chi connectivity index (χ4v) is 3.83. The molecule has 0 fully saturated rings. The fraction of sp³-hybridized carbons (Fsp3) is 0.190. The first-order valence-electron chi connectivity index (χ1n) is 8.99. The standard InChI is InChI=1S/C21H18Cl2N2O4S/c1-3-28-17-9-14(10-18-20(27)25-21(30-18)24-12(2)26)8-16(23)19(17)29-11-13-4-6-15(22)7-5-13/h4-10H,3,11H2,1-2H3,(H,24,25,26,27). The van der Waals surface area contributed by atoms with Gasteiger partial charge in [-0.1, -0.05) is 35.3 Å². The van der Waals surface area contributed by atoms with Crippen molar-refractivity contribution in [2.75, 3.05) is 6.61 Å². The van der Waals surface area contributed by atoms with Gasteiger partial charge in [-0.15, -0.1) is 0 Å². The van der Waals surface area contributed by atoms with Crippen LogP contribution in [0.4, 0.5) is 0 Å². The number of rotatable bonds is 6. The maximum Gasteiger partial charge on any atom is 0.286 e. The molecule has 0 saturated carbocycles. The molecule has 9 heteroatoms. The van der Waals surface area contributed by atoms with Crippen molar-refractivity contribution < 1.29 is 19.1 Å². The maximum absolute atomic E-state index is 12.1. The highest BCUT2D eigenvalue weighted by molar-refractivity contribution is 8.18. The number of amidine groups is 1. The van der Waals surface area contributed by atoms with E-state index >= 15 is 0 Å². The maximum atomic E-state index is 12.1. The molecule has 0 spiro atoms. The third-order valence-corrected chi connectivity index (χ3v) is 5.26. The molecule has 0 unspecified atom stereocenters. The van der Waals surface area contributed by atoms with E-state index in [2.05, 4.69) is 10.3 Å². The molecule has 0 atom stereocenters. The highest BCUT2D eigenvalue weighted by Crippen LogP contribution is 2.39. The lowest BCUT2D eigenvalue weighted by molar-refractivity contribution is -0.117. The van der Waals surface area contributed by atoms with Crippen LogP contribution in [0.3, 0.4) is 0 Å². The number of hydrogen-bond donors (Lipinski definition) is 1. The highest BCUT2D eigenvalue weighted by Gasteiger charge is 2.23. The van der Waals surface area contributed by atoms with Crippen molar-refractivity contribution in [3.05, 3.63) is 62.5 Å². The van der Waals surface area contributed by atoms with E-state index in [-0.39, 0.29) is 11.1 Å². The van der Waals surface area contributed by atoms with Crippen LogP contribution in [0.5, 0.6) is 11.5 Å². The van der Waals surface area contributed by atoms with E-state index in [1.54, 1.807) is 30.3 Å². The average Bonchev–Trinajstić information content (AvgIpc) is 3.01. The Hall–Kier alpha value is -2.48. The van der Waals surface area contributed by atoms with Crippen LogP contribution in [0.1, 0.15) is 25.0 Å². The second-order valence-electron chi connectivity index (χ2n) is 6.19. The van der Waals surface area contributed by atoms with E-state index in [0.717, 1.165) is 17.3 Å². The number of halogens is 2. The van der Waals surface area contributed by atoms with Crippen LogP contribution in [0.2, 0.25) is 10.0 Å². The molecule has 3 rings (SSSR count). The van der Waals surface area contributed by atoms with Gasteiger partial charge >= 0.3 is 0 Å². The van der Waals surface area contributed by atoms with E-state index in [1.807, 2.05) is 19.1 Å². The lowest BCUT2D eigenvalue weighted by atomic mass is 10.1. The van der Waals surface area contributed by atoms with Gasteiger partial charge in [-0.2, -0.15) is 4.99 Å². The second kappa shape index (κ2) is 10.0. The number of ether oxygens (including phenoxy) is 2. The number of amides is 2. The van der Waals surface area contributed by atoms with Gasteiger partial charge in [-0.25, -0.2) is 0 Å². The first-order valence-corrected chi connectivity index (χ1v) is 10.6. The molecular formula is C21H18Cl2N2O4S. The van der Waals surface area contributed by atoms with Gasteiger partial charge in [0.1, 0.15) is 6.61 Å². The third kappa shape index (κ3) is 5.78. The van der Waals surface area contributed by atoms with Crippen molar-refractivity contribution in [1.29, 1.82) is 0 Å². The van der Waals surface area contributed by atoms with Crippen molar-refractivity contribution in [1.82, 2.24) is 5.32 Å². The van der Waals surface area contributed by atoms with Crippen molar-refractivity contribution in [3.63, 3.8) is 0 Å². The number of nitrogens with one attached hydrogen (secondary N) is 1. The monoisotopic (exact) mass is 464 g/mol. The molecule has 0 aromatic heterocycles. The number of hydrogen-bond acceptors (Lipinski definition) is 5. The minimum Gasteiger partial charge on any atom is -0.490 e. The minimum atomic E-state index is -0.430. The van der Waals surface area contributed by atoms with Gasteiger partial charge in [-0.05, 0) is 60.2 Å². The van der Waals surface area contributed by atoms with Crippen molar-refractivity contribution in [2.24, 2.45) is 4.99 Å². The smallest absolute Gasteiger partial charge is 0.286 e. The predicted molar refractivity (Wildman–Crippen MR) is 120 cm³/mol. The molecule has 2 aromatic rings. The Kier molecular flexibility index (Phi) is 7.42. The van der Waals surface area contributed by atoms with E-state index < -0.39 is 5.91 Å². The Balaban J connectivity index is 1.81. The molecule has 2 amide bonds.